The highest BCUT2D eigenvalue weighted by atomic mass is 19.3. The van der Waals surface area contributed by atoms with Crippen LogP contribution >= 0.6 is 0 Å². The molecule has 1 saturated heterocycles. The molecule has 2 aliphatic rings. The molecule has 1 aliphatic carbocycles. The van der Waals surface area contributed by atoms with Gasteiger partial charge in [0, 0.05) is 67.8 Å². The Bertz CT molecular complexity index is 1920. The number of carboxylic acid groups (broad SMARTS) is 1. The van der Waals surface area contributed by atoms with Gasteiger partial charge in [-0.1, -0.05) is 49.0 Å². The number of fused-ring (bicyclic) bond motifs is 1. The molecule has 4 aromatic carbocycles. The second kappa shape index (κ2) is 15.8. The third kappa shape index (κ3) is 8.61. The van der Waals surface area contributed by atoms with Gasteiger partial charge in [-0.2, -0.15) is 0 Å². The van der Waals surface area contributed by atoms with Gasteiger partial charge in [-0.25, -0.2) is 22.0 Å². The number of piperidine rings is 1. The lowest BCUT2D eigenvalue weighted by Crippen LogP contribution is -2.49. The average Bonchev–Trinajstić information content (AvgIpc) is 3.09. The van der Waals surface area contributed by atoms with Crippen molar-refractivity contribution in [3.05, 3.63) is 95.3 Å². The van der Waals surface area contributed by atoms with E-state index in [9.17, 15) is 26.7 Å². The van der Waals surface area contributed by atoms with Crippen LogP contribution in [0.25, 0.3) is 27.6 Å². The summed E-state index contributed by atoms with van der Waals surface area (Å²) < 4.78 is 78.8. The molecule has 0 spiro atoms. The van der Waals surface area contributed by atoms with E-state index in [1.165, 1.54) is 6.07 Å². The van der Waals surface area contributed by atoms with Crippen LogP contribution < -0.4 is 20.5 Å². The van der Waals surface area contributed by atoms with Crippen molar-refractivity contribution in [1.29, 1.82) is 0 Å². The van der Waals surface area contributed by atoms with Gasteiger partial charge >= 0.3 is 5.97 Å². The lowest BCUT2D eigenvalue weighted by molar-refractivity contribution is -0.136. The molecule has 0 radical (unpaired) electrons. The number of aliphatic carboxylic acids is 1. The van der Waals surface area contributed by atoms with Crippen LogP contribution in [-0.2, 0) is 17.8 Å². The third-order valence-electron chi connectivity index (χ3n) is 9.72. The fraction of sp³-hybridized carbons (Fsp3) is 0.375. The summed E-state index contributed by atoms with van der Waals surface area (Å²) in [5.41, 5.74) is 10.3. The number of anilines is 1. The number of methoxy groups -OCH3 is 2. The predicted octanol–water partition coefficient (Wildman–Crippen LogP) is 9.05. The maximum Gasteiger partial charge on any atom is 0.303 e. The molecule has 278 valence electrons. The average molecular weight is 726 g/mol. The largest absolute Gasteiger partial charge is 0.496 e. The Morgan fingerprint density at radius 1 is 0.981 bits per heavy atom. The first-order chi connectivity index (χ1) is 24.6. The number of likely N-dealkylation sites (tertiary alicyclic amines) is 1. The molecule has 4 aromatic rings. The first-order valence-corrected chi connectivity index (χ1v) is 17.1. The fourth-order valence-electron chi connectivity index (χ4n) is 6.84. The van der Waals surface area contributed by atoms with E-state index in [1.807, 2.05) is 53.4 Å². The highest BCUT2D eigenvalue weighted by Gasteiger charge is 2.48. The number of hydrogen-bond donors (Lipinski definition) is 3. The zero-order valence-corrected chi connectivity index (χ0v) is 29.5. The van der Waals surface area contributed by atoms with Crippen molar-refractivity contribution in [2.24, 2.45) is 5.73 Å². The Balaban J connectivity index is 0.000000244. The first-order valence-electron chi connectivity index (χ1n) is 17.1. The minimum absolute atomic E-state index is 0.0559. The number of carbonyl (C=O) groups is 1. The van der Waals surface area contributed by atoms with Crippen LogP contribution in [0.1, 0.15) is 54.4 Å². The molecule has 0 amide bonds. The molecule has 12 heteroatoms. The van der Waals surface area contributed by atoms with Crippen molar-refractivity contribution in [2.75, 3.05) is 32.6 Å². The van der Waals surface area contributed by atoms with E-state index >= 15 is 0 Å². The standard InChI is InChI=1S/C27H29F2NO4.C13H15F3N2/c1-33-23-11-9-19(17-30-15-13-27(28,29)14-16-30)26(34-2)25(23)22-8-4-6-20-18(10-12-24(31)32)5-3-7-21(20)22;1-7-5-9(6-10(14)12(7)8(2)17)18-11-3-4-13(11,15)16/h3-9,11H,10,12-17H2,1-2H3,(H,31,32);5-6,11,18H,2-4,17H2,1H3. The van der Waals surface area contributed by atoms with Crippen LogP contribution in [0.2, 0.25) is 0 Å². The van der Waals surface area contributed by atoms with Crippen LogP contribution in [0.15, 0.2) is 67.2 Å². The van der Waals surface area contributed by atoms with Crippen molar-refractivity contribution in [2.45, 2.75) is 69.9 Å². The molecule has 0 bridgehead atoms. The lowest BCUT2D eigenvalue weighted by Gasteiger charge is -2.37. The third-order valence-corrected chi connectivity index (χ3v) is 9.72. The van der Waals surface area contributed by atoms with Gasteiger partial charge in [0.1, 0.15) is 17.3 Å². The molecule has 0 aromatic heterocycles. The molecule has 2 fully saturated rings. The summed E-state index contributed by atoms with van der Waals surface area (Å²) in [5.74, 6) is -5.38. The fourth-order valence-corrected chi connectivity index (χ4v) is 6.84. The Hall–Kier alpha value is -4.84. The Morgan fingerprint density at radius 3 is 2.25 bits per heavy atom. The summed E-state index contributed by atoms with van der Waals surface area (Å²) in [4.78, 5) is 13.1. The van der Waals surface area contributed by atoms with Crippen molar-refractivity contribution < 1.29 is 41.3 Å². The van der Waals surface area contributed by atoms with Crippen molar-refractivity contribution in [1.82, 2.24) is 4.90 Å². The molecule has 1 aliphatic heterocycles. The zero-order chi connectivity index (χ0) is 37.8. The van der Waals surface area contributed by atoms with Gasteiger partial charge in [-0.15, -0.1) is 0 Å². The van der Waals surface area contributed by atoms with E-state index in [4.69, 9.17) is 20.3 Å². The highest BCUT2D eigenvalue weighted by Crippen LogP contribution is 2.45. The van der Waals surface area contributed by atoms with Gasteiger partial charge in [-0.3, -0.25) is 9.69 Å². The molecule has 1 saturated carbocycles. The molecule has 1 atom stereocenters. The Morgan fingerprint density at radius 2 is 1.67 bits per heavy atom. The van der Waals surface area contributed by atoms with Gasteiger partial charge in [-0.05, 0) is 65.4 Å². The number of nitrogens with zero attached hydrogens (tertiary/aromatic N) is 1. The second-order valence-electron chi connectivity index (χ2n) is 13.4. The maximum absolute atomic E-state index is 13.8. The van der Waals surface area contributed by atoms with Crippen molar-refractivity contribution in [3.8, 4) is 22.6 Å². The number of rotatable bonds is 11. The summed E-state index contributed by atoms with van der Waals surface area (Å²) in [5, 5.41) is 13.7. The van der Waals surface area contributed by atoms with Crippen LogP contribution in [0.4, 0.5) is 27.6 Å². The molecular weight excluding hydrogens is 681 g/mol. The van der Waals surface area contributed by atoms with Crippen LogP contribution in [0.5, 0.6) is 11.5 Å². The number of nitrogens with one attached hydrogen (secondary N) is 1. The SMILES string of the molecule is C=C(N)c1c(C)cc(NC2CCC2(F)F)cc1F.COc1ccc(CN2CCC(F)(F)CC2)c(OC)c1-c1cccc2c(CCC(=O)O)cccc12. The van der Waals surface area contributed by atoms with E-state index in [2.05, 4.69) is 11.9 Å². The van der Waals surface area contributed by atoms with Crippen LogP contribution in [0.3, 0.4) is 0 Å². The normalized spacial score (nSPS) is 17.7. The lowest BCUT2D eigenvalue weighted by atomic mass is 9.87. The minimum Gasteiger partial charge on any atom is -0.496 e. The minimum atomic E-state index is -2.71. The number of alkyl halides is 4. The summed E-state index contributed by atoms with van der Waals surface area (Å²) in [6.07, 6.45) is 0.481. The van der Waals surface area contributed by atoms with E-state index in [0.717, 1.165) is 33.0 Å². The number of benzene rings is 4. The van der Waals surface area contributed by atoms with Gasteiger partial charge in [0.25, 0.3) is 11.8 Å². The smallest absolute Gasteiger partial charge is 0.303 e. The number of carboxylic acids is 1. The van der Waals surface area contributed by atoms with Gasteiger partial charge < -0.3 is 25.6 Å². The zero-order valence-electron chi connectivity index (χ0n) is 29.5. The topological polar surface area (TPSA) is 97.0 Å². The Labute approximate surface area is 300 Å². The first kappa shape index (κ1) is 38.4. The molecule has 1 heterocycles. The quantitative estimate of drug-likeness (QED) is 0.133. The van der Waals surface area contributed by atoms with E-state index in [1.54, 1.807) is 27.2 Å². The van der Waals surface area contributed by atoms with E-state index < -0.39 is 29.7 Å². The maximum atomic E-state index is 13.8. The summed E-state index contributed by atoms with van der Waals surface area (Å²) >= 11 is 0. The molecule has 4 N–H and O–H groups in total. The summed E-state index contributed by atoms with van der Waals surface area (Å²) in [6, 6.07) is 17.5. The molecule has 52 heavy (non-hydrogen) atoms. The predicted molar refractivity (Wildman–Crippen MR) is 194 cm³/mol. The molecule has 6 rings (SSSR count). The Kier molecular flexibility index (Phi) is 11.7. The van der Waals surface area contributed by atoms with E-state index in [-0.39, 0.29) is 36.9 Å². The van der Waals surface area contributed by atoms with Crippen LogP contribution in [-0.4, -0.2) is 61.2 Å². The van der Waals surface area contributed by atoms with Crippen molar-refractivity contribution >= 4 is 28.1 Å². The summed E-state index contributed by atoms with van der Waals surface area (Å²) in [6.45, 7) is 6.32. The number of halogens is 5. The van der Waals surface area contributed by atoms with E-state index in [0.29, 0.717) is 55.2 Å². The molecular formula is C40H44F5N3O4. The number of ether oxygens (including phenoxy) is 2. The second-order valence-corrected chi connectivity index (χ2v) is 13.4. The number of aryl methyl sites for hydroxylation is 2. The highest BCUT2D eigenvalue weighted by molar-refractivity contribution is 6.01. The van der Waals surface area contributed by atoms with Crippen LogP contribution in [0, 0.1) is 12.7 Å². The monoisotopic (exact) mass is 725 g/mol. The van der Waals surface area contributed by atoms with Gasteiger partial charge in [0.05, 0.1) is 25.8 Å². The molecule has 7 nitrogen and oxygen atoms in total. The number of hydrogen-bond acceptors (Lipinski definition) is 6. The van der Waals surface area contributed by atoms with Crippen molar-refractivity contribution in [3.63, 3.8) is 0 Å². The summed E-state index contributed by atoms with van der Waals surface area (Å²) in [7, 11) is 3.21. The van der Waals surface area contributed by atoms with Gasteiger partial charge in [0.15, 0.2) is 0 Å². The molecule has 1 unspecified atom stereocenters. The number of nitrogens with two attached hydrogens (primary N) is 1. The van der Waals surface area contributed by atoms with Gasteiger partial charge in [0.2, 0.25) is 0 Å².